The van der Waals surface area contributed by atoms with Gasteiger partial charge in [0.1, 0.15) is 0 Å². The number of carbonyl (C=O) groups is 2. The van der Waals surface area contributed by atoms with Crippen LogP contribution in [0.25, 0.3) is 0 Å². The minimum Gasteiger partial charge on any atom is -0.396 e. The van der Waals surface area contributed by atoms with Crippen molar-refractivity contribution >= 4 is 45.9 Å². The van der Waals surface area contributed by atoms with Crippen molar-refractivity contribution in [1.82, 2.24) is 10.2 Å². The molecular weight excluding hydrogens is 504 g/mol. The van der Waals surface area contributed by atoms with Gasteiger partial charge >= 0.3 is 0 Å². The number of nitrogens with zero attached hydrogens (tertiary/aromatic N) is 1. The third-order valence-corrected chi connectivity index (χ3v) is 10.5. The molecule has 1 aromatic heterocycles. The quantitative estimate of drug-likeness (QED) is 0.370. The maximum absolute atomic E-state index is 13.3. The Bertz CT molecular complexity index is 1080. The largest absolute Gasteiger partial charge is 0.396 e. The van der Waals surface area contributed by atoms with E-state index in [9.17, 15) is 18.9 Å². The molecule has 0 aliphatic heterocycles. The van der Waals surface area contributed by atoms with Gasteiger partial charge in [0, 0.05) is 51.7 Å². The molecule has 1 atom stereocenters. The molecule has 0 bridgehead atoms. The van der Waals surface area contributed by atoms with Crippen molar-refractivity contribution in [2.45, 2.75) is 62.5 Å². The fourth-order valence-corrected chi connectivity index (χ4v) is 7.90. The molecule has 6 nitrogen and oxygen atoms in total. The molecule has 0 spiro atoms. The zero-order valence-electron chi connectivity index (χ0n) is 20.9. The molecule has 1 heterocycles. The normalized spacial score (nSPS) is 15.7. The van der Waals surface area contributed by atoms with Crippen LogP contribution in [-0.2, 0) is 23.8 Å². The maximum atomic E-state index is 13.3. The van der Waals surface area contributed by atoms with E-state index < -0.39 is 15.5 Å². The number of benzene rings is 1. The molecule has 0 radical (unpaired) electrons. The van der Waals surface area contributed by atoms with Gasteiger partial charge in [-0.05, 0) is 76.8 Å². The summed E-state index contributed by atoms with van der Waals surface area (Å²) < 4.78 is 12.6. The first-order chi connectivity index (χ1) is 16.5. The molecule has 1 saturated carbocycles. The highest BCUT2D eigenvalue weighted by molar-refractivity contribution is 7.88. The Labute approximate surface area is 219 Å². The predicted octanol–water partition coefficient (Wildman–Crippen LogP) is 4.37. The SMILES string of the molecule is Cc1sc(C=O)c(CCN(C)CC2(S(=O)C(C)(C)CCO)CC2)c1C(=O)NCc1ccc(Cl)cc1. The van der Waals surface area contributed by atoms with Gasteiger partial charge in [-0.15, -0.1) is 11.3 Å². The fourth-order valence-electron chi connectivity index (χ4n) is 4.49. The second-order valence-electron chi connectivity index (χ2n) is 9.98. The van der Waals surface area contributed by atoms with Crippen molar-refractivity contribution in [2.24, 2.45) is 0 Å². The highest BCUT2D eigenvalue weighted by atomic mass is 35.5. The maximum Gasteiger partial charge on any atom is 0.252 e. The van der Waals surface area contributed by atoms with Crippen LogP contribution in [0.3, 0.4) is 0 Å². The van der Waals surface area contributed by atoms with Gasteiger partial charge in [0.25, 0.3) is 5.91 Å². The molecular formula is C26H35ClN2O4S2. The van der Waals surface area contributed by atoms with Crippen LogP contribution in [0.4, 0.5) is 0 Å². The second-order valence-corrected chi connectivity index (χ2v) is 14.2. The number of aldehydes is 1. The Morgan fingerprint density at radius 3 is 2.54 bits per heavy atom. The molecule has 1 amide bonds. The van der Waals surface area contributed by atoms with Gasteiger partial charge in [-0.2, -0.15) is 0 Å². The number of hydrogen-bond donors (Lipinski definition) is 2. The summed E-state index contributed by atoms with van der Waals surface area (Å²) in [5.74, 6) is -0.190. The lowest BCUT2D eigenvalue weighted by Crippen LogP contribution is -2.43. The van der Waals surface area contributed by atoms with E-state index >= 15 is 0 Å². The smallest absolute Gasteiger partial charge is 0.252 e. The van der Waals surface area contributed by atoms with Crippen molar-refractivity contribution in [1.29, 1.82) is 0 Å². The van der Waals surface area contributed by atoms with Gasteiger partial charge in [-0.1, -0.05) is 23.7 Å². The first-order valence-electron chi connectivity index (χ1n) is 11.8. The van der Waals surface area contributed by atoms with Crippen LogP contribution < -0.4 is 5.32 Å². The zero-order valence-corrected chi connectivity index (χ0v) is 23.2. The highest BCUT2D eigenvalue weighted by Gasteiger charge is 2.53. The van der Waals surface area contributed by atoms with Crippen LogP contribution in [0, 0.1) is 6.92 Å². The van der Waals surface area contributed by atoms with Gasteiger partial charge in [-0.3, -0.25) is 13.8 Å². The van der Waals surface area contributed by atoms with E-state index in [1.54, 1.807) is 12.1 Å². The average Bonchev–Trinajstić information content (AvgIpc) is 3.51. The summed E-state index contributed by atoms with van der Waals surface area (Å²) in [6, 6.07) is 7.31. The van der Waals surface area contributed by atoms with Crippen LogP contribution in [0.5, 0.6) is 0 Å². The van der Waals surface area contributed by atoms with Gasteiger partial charge in [-0.25, -0.2) is 0 Å². The van der Waals surface area contributed by atoms with Crippen LogP contribution in [0.2, 0.25) is 5.02 Å². The van der Waals surface area contributed by atoms with E-state index in [1.165, 1.54) is 11.3 Å². The van der Waals surface area contributed by atoms with Crippen molar-refractivity contribution in [2.75, 3.05) is 26.7 Å². The molecule has 0 saturated heterocycles. The number of aryl methyl sites for hydroxylation is 1. The number of aliphatic hydroxyl groups excluding tert-OH is 1. The minimum absolute atomic E-state index is 0.0273. The number of thiophene rings is 1. The lowest BCUT2D eigenvalue weighted by atomic mass is 10.0. The van der Waals surface area contributed by atoms with E-state index in [0.717, 1.165) is 35.1 Å². The summed E-state index contributed by atoms with van der Waals surface area (Å²) in [5.41, 5.74) is 2.29. The highest BCUT2D eigenvalue weighted by Crippen LogP contribution is 2.46. The predicted molar refractivity (Wildman–Crippen MR) is 144 cm³/mol. The molecule has 2 N–H and O–H groups in total. The lowest BCUT2D eigenvalue weighted by Gasteiger charge is -2.31. The molecule has 1 aliphatic rings. The third kappa shape index (κ3) is 6.80. The summed E-state index contributed by atoms with van der Waals surface area (Å²) in [6.07, 6.45) is 3.72. The molecule has 35 heavy (non-hydrogen) atoms. The standard InChI is InChI=1S/C26H35ClN2O4S2/c1-18-23(24(32)28-15-19-5-7-20(27)8-6-19)21(22(16-31)34-18)9-13-29(4)17-26(10-11-26)35(33)25(2,3)12-14-30/h5-8,16,30H,9-15,17H2,1-4H3,(H,28,32). The van der Waals surface area contributed by atoms with Crippen LogP contribution >= 0.6 is 22.9 Å². The Hall–Kier alpha value is -1.58. The summed E-state index contributed by atoms with van der Waals surface area (Å²) in [6.45, 7) is 7.52. The van der Waals surface area contributed by atoms with Gasteiger partial charge < -0.3 is 15.3 Å². The molecule has 9 heteroatoms. The fraction of sp³-hybridized carbons (Fsp3) is 0.538. The first-order valence-corrected chi connectivity index (χ1v) is 14.2. The van der Waals surface area contributed by atoms with Crippen molar-refractivity contribution in [3.05, 3.63) is 55.7 Å². The lowest BCUT2D eigenvalue weighted by molar-refractivity contribution is 0.0949. The number of aliphatic hydroxyl groups is 1. The van der Waals surface area contributed by atoms with Crippen LogP contribution in [0.15, 0.2) is 24.3 Å². The van der Waals surface area contributed by atoms with E-state index in [-0.39, 0.29) is 17.3 Å². The van der Waals surface area contributed by atoms with Gasteiger partial charge in [0.05, 0.1) is 15.2 Å². The van der Waals surface area contributed by atoms with E-state index in [1.807, 2.05) is 40.0 Å². The van der Waals surface area contributed by atoms with Gasteiger partial charge in [0.2, 0.25) is 0 Å². The number of rotatable bonds is 13. The number of nitrogens with one attached hydrogen (secondary N) is 1. The number of amides is 1. The second kappa shape index (κ2) is 11.6. The molecule has 1 aliphatic carbocycles. The number of likely N-dealkylation sites (N-methyl/N-ethyl adjacent to an activating group) is 1. The summed E-state index contributed by atoms with van der Waals surface area (Å²) in [7, 11) is 0.934. The van der Waals surface area contributed by atoms with E-state index in [2.05, 4.69) is 10.2 Å². The Balaban J connectivity index is 1.66. The summed E-state index contributed by atoms with van der Waals surface area (Å²) >= 11 is 7.28. The average molecular weight is 539 g/mol. The monoisotopic (exact) mass is 538 g/mol. The number of halogens is 1. The Kier molecular flexibility index (Phi) is 9.32. The van der Waals surface area contributed by atoms with Crippen molar-refractivity contribution < 1.29 is 18.9 Å². The molecule has 2 aromatic rings. The van der Waals surface area contributed by atoms with Crippen LogP contribution in [-0.4, -0.2) is 62.6 Å². The van der Waals surface area contributed by atoms with E-state index in [0.29, 0.717) is 47.9 Å². The zero-order chi connectivity index (χ0) is 25.8. The van der Waals surface area contributed by atoms with Gasteiger partial charge in [0.15, 0.2) is 6.29 Å². The third-order valence-electron chi connectivity index (χ3n) is 6.63. The molecule has 1 fully saturated rings. The molecule has 3 rings (SSSR count). The molecule has 1 unspecified atom stereocenters. The van der Waals surface area contributed by atoms with Crippen molar-refractivity contribution in [3.63, 3.8) is 0 Å². The topological polar surface area (TPSA) is 86.7 Å². The van der Waals surface area contributed by atoms with Crippen molar-refractivity contribution in [3.8, 4) is 0 Å². The molecule has 1 aromatic carbocycles. The molecule has 192 valence electrons. The Morgan fingerprint density at radius 2 is 1.97 bits per heavy atom. The Morgan fingerprint density at radius 1 is 1.31 bits per heavy atom. The number of hydrogen-bond acceptors (Lipinski definition) is 6. The first kappa shape index (κ1) is 28.0. The summed E-state index contributed by atoms with van der Waals surface area (Å²) in [5, 5.41) is 13.0. The number of carbonyl (C=O) groups excluding carboxylic acids is 2. The van der Waals surface area contributed by atoms with Crippen LogP contribution in [0.1, 0.15) is 69.1 Å². The minimum atomic E-state index is -1.06. The van der Waals surface area contributed by atoms with E-state index in [4.69, 9.17) is 11.6 Å². The summed E-state index contributed by atoms with van der Waals surface area (Å²) in [4.78, 5) is 28.4.